The Morgan fingerprint density at radius 2 is 1.31 bits per heavy atom. The van der Waals surface area contributed by atoms with E-state index in [1.54, 1.807) is 6.20 Å². The van der Waals surface area contributed by atoms with Gasteiger partial charge >= 0.3 is 0 Å². The topological polar surface area (TPSA) is 22.1 Å². The molecule has 0 saturated carbocycles. The van der Waals surface area contributed by atoms with Crippen LogP contribution in [0, 0.1) is 0 Å². The summed E-state index contributed by atoms with van der Waals surface area (Å²) in [5, 5.41) is 4.03. The van der Waals surface area contributed by atoms with Gasteiger partial charge in [-0.2, -0.15) is 0 Å². The Kier molecular flexibility index (Phi) is 6.46. The van der Waals surface area contributed by atoms with Gasteiger partial charge in [0.2, 0.25) is 0 Å². The summed E-state index contributed by atoms with van der Waals surface area (Å²) in [7, 11) is -0.660. The van der Waals surface area contributed by atoms with Crippen LogP contribution in [0.3, 0.4) is 0 Å². The Labute approximate surface area is 174 Å². The molecule has 4 rings (SSSR count). The third kappa shape index (κ3) is 4.79. The van der Waals surface area contributed by atoms with E-state index in [2.05, 4.69) is 96.8 Å². The van der Waals surface area contributed by atoms with Gasteiger partial charge in [0.15, 0.2) is 0 Å². The van der Waals surface area contributed by atoms with Crippen molar-refractivity contribution in [2.24, 2.45) is 0 Å². The van der Waals surface area contributed by atoms with Crippen LogP contribution < -0.4 is 15.9 Å². The lowest BCUT2D eigenvalue weighted by atomic mass is 10.1. The van der Waals surface area contributed by atoms with Gasteiger partial charge in [0.05, 0.1) is 18.4 Å². The van der Waals surface area contributed by atoms with Crippen LogP contribution in [0.15, 0.2) is 109 Å². The molecule has 144 valence electrons. The first-order chi connectivity index (χ1) is 14.3. The second-order valence-corrected chi connectivity index (χ2v) is 9.03. The molecule has 0 aliphatic carbocycles. The maximum atomic E-state index is 6.22. The molecule has 0 aliphatic heterocycles. The van der Waals surface area contributed by atoms with Gasteiger partial charge in [0.25, 0.3) is 0 Å². The maximum absolute atomic E-state index is 6.22. The summed E-state index contributed by atoms with van der Waals surface area (Å²) in [6.45, 7) is 2.64. The van der Waals surface area contributed by atoms with Crippen LogP contribution in [0.1, 0.15) is 24.3 Å². The smallest absolute Gasteiger partial charge is 0.0896 e. The summed E-state index contributed by atoms with van der Waals surface area (Å²) < 4.78 is 6.22. The van der Waals surface area contributed by atoms with E-state index in [9.17, 15) is 0 Å². The van der Waals surface area contributed by atoms with Crippen molar-refractivity contribution in [1.29, 1.82) is 0 Å². The van der Waals surface area contributed by atoms with E-state index in [1.807, 2.05) is 18.2 Å². The Morgan fingerprint density at radius 3 is 1.93 bits per heavy atom. The second-order valence-electron chi connectivity index (χ2n) is 6.84. The summed E-state index contributed by atoms with van der Waals surface area (Å²) in [6.07, 6.45) is 1.78. The zero-order chi connectivity index (χ0) is 19.9. The molecule has 0 aliphatic rings. The monoisotopic (exact) mass is 397 g/mol. The molecule has 1 atom stereocenters. The zero-order valence-corrected chi connectivity index (χ0v) is 17.4. The fourth-order valence-electron chi connectivity index (χ4n) is 3.40. The van der Waals surface area contributed by atoms with Crippen LogP contribution in [0.5, 0.6) is 0 Å². The van der Waals surface area contributed by atoms with Gasteiger partial charge in [-0.05, 0) is 48.5 Å². The number of benzene rings is 3. The van der Waals surface area contributed by atoms with Gasteiger partial charge in [0, 0.05) is 6.20 Å². The van der Waals surface area contributed by atoms with Crippen molar-refractivity contribution in [3.63, 3.8) is 0 Å². The van der Waals surface area contributed by atoms with Gasteiger partial charge in [-0.1, -0.05) is 91.0 Å². The molecule has 3 heteroatoms. The highest BCUT2D eigenvalue weighted by atomic mass is 31.1. The molecular weight excluding hydrogens is 373 g/mol. The lowest BCUT2D eigenvalue weighted by molar-refractivity contribution is 0.0512. The Hall–Kier alpha value is -2.80. The molecule has 1 heterocycles. The largest absolute Gasteiger partial charge is 0.368 e. The van der Waals surface area contributed by atoms with E-state index in [0.717, 1.165) is 5.69 Å². The van der Waals surface area contributed by atoms with E-state index in [0.29, 0.717) is 6.61 Å². The number of ether oxygens (including phenoxy) is 1. The zero-order valence-electron chi connectivity index (χ0n) is 16.5. The lowest BCUT2D eigenvalue weighted by Gasteiger charge is -2.25. The third-order valence-electron chi connectivity index (χ3n) is 4.85. The Bertz CT molecular complexity index is 983. The SMILES string of the molecule is CC(OCc1ccccn1)c1ccccc1P(c1ccccc1)c1ccccc1. The van der Waals surface area contributed by atoms with Crippen LogP contribution in [0.4, 0.5) is 0 Å². The number of hydrogen-bond donors (Lipinski definition) is 0. The summed E-state index contributed by atoms with van der Waals surface area (Å²) in [5.74, 6) is 0. The number of nitrogens with zero attached hydrogens (tertiary/aromatic N) is 1. The molecule has 0 saturated heterocycles. The summed E-state index contributed by atoms with van der Waals surface area (Å²) in [6, 6.07) is 36.2. The summed E-state index contributed by atoms with van der Waals surface area (Å²) >= 11 is 0. The van der Waals surface area contributed by atoms with Crippen molar-refractivity contribution >= 4 is 23.8 Å². The highest BCUT2D eigenvalue weighted by Crippen LogP contribution is 2.36. The average Bonchev–Trinajstić information content (AvgIpc) is 2.80. The minimum atomic E-state index is -0.660. The molecule has 0 N–H and O–H groups in total. The Morgan fingerprint density at radius 1 is 0.724 bits per heavy atom. The minimum Gasteiger partial charge on any atom is -0.368 e. The normalized spacial score (nSPS) is 12.1. The van der Waals surface area contributed by atoms with Crippen LogP contribution in [-0.4, -0.2) is 4.98 Å². The highest BCUT2D eigenvalue weighted by molar-refractivity contribution is 7.79. The second kappa shape index (κ2) is 9.60. The van der Waals surface area contributed by atoms with Crippen LogP contribution in [-0.2, 0) is 11.3 Å². The lowest BCUT2D eigenvalue weighted by Crippen LogP contribution is -2.24. The molecule has 29 heavy (non-hydrogen) atoms. The van der Waals surface area contributed by atoms with Crippen LogP contribution in [0.2, 0.25) is 0 Å². The summed E-state index contributed by atoms with van der Waals surface area (Å²) in [5.41, 5.74) is 2.19. The van der Waals surface area contributed by atoms with E-state index in [4.69, 9.17) is 4.74 Å². The quantitative estimate of drug-likeness (QED) is 0.404. The van der Waals surface area contributed by atoms with Gasteiger partial charge in [0.1, 0.15) is 0 Å². The number of rotatable bonds is 7. The summed E-state index contributed by atoms with van der Waals surface area (Å²) in [4.78, 5) is 4.38. The number of aromatic nitrogens is 1. The molecule has 3 aromatic carbocycles. The minimum absolute atomic E-state index is 0.0226. The van der Waals surface area contributed by atoms with Gasteiger partial charge in [-0.15, -0.1) is 0 Å². The first kappa shape index (κ1) is 19.5. The molecule has 4 aromatic rings. The van der Waals surface area contributed by atoms with Gasteiger partial charge in [-0.3, -0.25) is 4.98 Å². The fourth-order valence-corrected chi connectivity index (χ4v) is 5.94. The van der Waals surface area contributed by atoms with E-state index in [1.165, 1.54) is 21.5 Å². The van der Waals surface area contributed by atoms with E-state index < -0.39 is 7.92 Å². The van der Waals surface area contributed by atoms with Crippen molar-refractivity contribution in [2.75, 3.05) is 0 Å². The standard InChI is InChI=1S/C26H24NOP/c1-21(28-20-22-12-10-11-19-27-22)25-17-8-9-18-26(25)29(23-13-4-2-5-14-23)24-15-6-3-7-16-24/h2-19,21H,20H2,1H3. The van der Waals surface area contributed by atoms with Gasteiger partial charge in [-0.25, -0.2) is 0 Å². The van der Waals surface area contributed by atoms with Crippen molar-refractivity contribution in [1.82, 2.24) is 4.98 Å². The molecule has 2 nitrogen and oxygen atoms in total. The van der Waals surface area contributed by atoms with Crippen LogP contribution in [0.25, 0.3) is 0 Å². The van der Waals surface area contributed by atoms with E-state index >= 15 is 0 Å². The third-order valence-corrected chi connectivity index (χ3v) is 7.37. The predicted molar refractivity (Wildman–Crippen MR) is 123 cm³/mol. The molecule has 1 aromatic heterocycles. The molecule has 1 unspecified atom stereocenters. The first-order valence-electron chi connectivity index (χ1n) is 9.83. The highest BCUT2D eigenvalue weighted by Gasteiger charge is 2.21. The molecule has 0 fully saturated rings. The van der Waals surface area contributed by atoms with Crippen LogP contribution >= 0.6 is 7.92 Å². The molecule has 0 amide bonds. The molecule has 0 bridgehead atoms. The number of hydrogen-bond acceptors (Lipinski definition) is 2. The molecular formula is C26H24NOP. The first-order valence-corrected chi connectivity index (χ1v) is 11.2. The Balaban J connectivity index is 1.69. The predicted octanol–water partition coefficient (Wildman–Crippen LogP) is 5.12. The van der Waals surface area contributed by atoms with Crippen molar-refractivity contribution < 1.29 is 4.74 Å². The number of pyridine rings is 1. The van der Waals surface area contributed by atoms with Crippen molar-refractivity contribution in [2.45, 2.75) is 19.6 Å². The average molecular weight is 397 g/mol. The van der Waals surface area contributed by atoms with E-state index in [-0.39, 0.29) is 6.10 Å². The fraction of sp³-hybridized carbons (Fsp3) is 0.115. The maximum Gasteiger partial charge on any atom is 0.0896 e. The van der Waals surface area contributed by atoms with Gasteiger partial charge < -0.3 is 4.74 Å². The van der Waals surface area contributed by atoms with Crippen molar-refractivity contribution in [3.05, 3.63) is 121 Å². The molecule has 0 radical (unpaired) electrons. The van der Waals surface area contributed by atoms with Crippen molar-refractivity contribution in [3.8, 4) is 0 Å². The molecule has 0 spiro atoms.